The Morgan fingerprint density at radius 3 is 2.76 bits per heavy atom. The van der Waals surface area contributed by atoms with Crippen molar-refractivity contribution in [3.63, 3.8) is 0 Å². The maximum Gasteiger partial charge on any atom is 0.266 e. The number of anilines is 1. The van der Waals surface area contributed by atoms with Crippen LogP contribution < -0.4 is 5.32 Å². The fourth-order valence-electron chi connectivity index (χ4n) is 1.75. The number of amides is 1. The summed E-state index contributed by atoms with van der Waals surface area (Å²) in [7, 11) is 0. The predicted octanol–water partition coefficient (Wildman–Crippen LogP) is 4.25. The molecule has 1 amide bonds. The SMILES string of the molecule is N#CCc1nc(-c2cccs2)c(NC(=O)c2cccs2)s1. The molecule has 0 atom stereocenters. The molecule has 0 saturated carbocycles. The van der Waals surface area contributed by atoms with Gasteiger partial charge >= 0.3 is 0 Å². The minimum atomic E-state index is -0.144. The van der Waals surface area contributed by atoms with E-state index in [-0.39, 0.29) is 12.3 Å². The summed E-state index contributed by atoms with van der Waals surface area (Å²) in [6, 6.07) is 9.61. The van der Waals surface area contributed by atoms with Crippen LogP contribution in [-0.2, 0) is 6.42 Å². The number of hydrogen-bond donors (Lipinski definition) is 1. The molecule has 1 N–H and O–H groups in total. The van der Waals surface area contributed by atoms with Crippen molar-refractivity contribution in [3.05, 3.63) is 44.9 Å². The smallest absolute Gasteiger partial charge is 0.266 e. The van der Waals surface area contributed by atoms with Gasteiger partial charge in [-0.05, 0) is 22.9 Å². The van der Waals surface area contributed by atoms with E-state index in [1.807, 2.05) is 29.0 Å². The fourth-order valence-corrected chi connectivity index (χ4v) is 4.05. The predicted molar refractivity (Wildman–Crippen MR) is 87.0 cm³/mol. The molecule has 3 aromatic rings. The van der Waals surface area contributed by atoms with Gasteiger partial charge in [-0.25, -0.2) is 4.98 Å². The molecule has 0 fully saturated rings. The standard InChI is InChI=1S/C14H9N3OS3/c15-6-5-11-16-12(9-3-1-7-19-9)14(21-11)17-13(18)10-4-2-8-20-10/h1-4,7-8H,5H2,(H,17,18). The molecule has 0 spiro atoms. The molecule has 3 heterocycles. The number of rotatable bonds is 4. The third-order valence-electron chi connectivity index (χ3n) is 2.63. The number of thiazole rings is 1. The lowest BCUT2D eigenvalue weighted by Gasteiger charge is -2.02. The highest BCUT2D eigenvalue weighted by Gasteiger charge is 2.17. The molecule has 3 aromatic heterocycles. The van der Waals surface area contributed by atoms with Gasteiger partial charge in [-0.1, -0.05) is 23.5 Å². The van der Waals surface area contributed by atoms with Crippen molar-refractivity contribution in [2.24, 2.45) is 0 Å². The van der Waals surface area contributed by atoms with Crippen LogP contribution in [0.3, 0.4) is 0 Å². The molecule has 0 aliphatic rings. The molecule has 0 aliphatic carbocycles. The van der Waals surface area contributed by atoms with Crippen LogP contribution >= 0.6 is 34.0 Å². The second-order valence-corrected chi connectivity index (χ2v) is 7.01. The summed E-state index contributed by atoms with van der Waals surface area (Å²) >= 11 is 4.31. The molecule has 104 valence electrons. The number of hydrogen-bond acceptors (Lipinski definition) is 6. The van der Waals surface area contributed by atoms with Gasteiger partial charge in [0.25, 0.3) is 5.91 Å². The zero-order chi connectivity index (χ0) is 14.7. The summed E-state index contributed by atoms with van der Waals surface area (Å²) in [5.74, 6) is -0.144. The summed E-state index contributed by atoms with van der Waals surface area (Å²) in [5.41, 5.74) is 0.741. The quantitative estimate of drug-likeness (QED) is 0.777. The van der Waals surface area contributed by atoms with E-state index in [1.165, 1.54) is 22.7 Å². The summed E-state index contributed by atoms with van der Waals surface area (Å²) in [6.45, 7) is 0. The van der Waals surface area contributed by atoms with Gasteiger partial charge < -0.3 is 5.32 Å². The van der Waals surface area contributed by atoms with E-state index in [0.29, 0.717) is 14.9 Å². The lowest BCUT2D eigenvalue weighted by atomic mass is 10.3. The number of nitrogens with one attached hydrogen (secondary N) is 1. The number of nitriles is 1. The summed E-state index contributed by atoms with van der Waals surface area (Å²) in [4.78, 5) is 18.3. The van der Waals surface area contributed by atoms with Crippen LogP contribution in [-0.4, -0.2) is 10.9 Å². The van der Waals surface area contributed by atoms with Crippen LogP contribution in [0.1, 0.15) is 14.7 Å². The Hall–Kier alpha value is -2.01. The maximum absolute atomic E-state index is 12.2. The van der Waals surface area contributed by atoms with E-state index in [4.69, 9.17) is 5.26 Å². The van der Waals surface area contributed by atoms with Crippen molar-refractivity contribution in [2.75, 3.05) is 5.32 Å². The number of aromatic nitrogens is 1. The van der Waals surface area contributed by atoms with Crippen molar-refractivity contribution >= 4 is 44.9 Å². The second kappa shape index (κ2) is 6.18. The van der Waals surface area contributed by atoms with E-state index in [2.05, 4.69) is 16.4 Å². The van der Waals surface area contributed by atoms with Gasteiger partial charge in [0.05, 0.1) is 22.2 Å². The Kier molecular flexibility index (Phi) is 4.10. The average molecular weight is 331 g/mol. The molecule has 21 heavy (non-hydrogen) atoms. The van der Waals surface area contributed by atoms with Crippen LogP contribution in [0.2, 0.25) is 0 Å². The van der Waals surface area contributed by atoms with Crippen LogP contribution in [0, 0.1) is 11.3 Å². The Morgan fingerprint density at radius 1 is 1.29 bits per heavy atom. The Labute approximate surface area is 133 Å². The average Bonchev–Trinajstić information content (AvgIpc) is 3.21. The Bertz CT molecular complexity index is 782. The lowest BCUT2D eigenvalue weighted by molar-refractivity contribution is 0.103. The zero-order valence-electron chi connectivity index (χ0n) is 10.7. The highest BCUT2D eigenvalue weighted by Crippen LogP contribution is 2.36. The molecule has 0 aliphatic heterocycles. The van der Waals surface area contributed by atoms with Gasteiger partial charge in [0, 0.05) is 0 Å². The molecule has 4 nitrogen and oxygen atoms in total. The van der Waals surface area contributed by atoms with Gasteiger partial charge in [0.1, 0.15) is 15.7 Å². The highest BCUT2D eigenvalue weighted by molar-refractivity contribution is 7.18. The molecule has 7 heteroatoms. The first-order valence-electron chi connectivity index (χ1n) is 6.03. The molecule has 0 saturated heterocycles. The first kappa shape index (κ1) is 13.9. The van der Waals surface area contributed by atoms with E-state index in [9.17, 15) is 4.79 Å². The van der Waals surface area contributed by atoms with Crippen LogP contribution in [0.5, 0.6) is 0 Å². The van der Waals surface area contributed by atoms with E-state index in [1.54, 1.807) is 17.4 Å². The molecule has 0 unspecified atom stereocenters. The molecular formula is C14H9N3OS3. The van der Waals surface area contributed by atoms with Gasteiger partial charge in [0.15, 0.2) is 0 Å². The number of thiophene rings is 2. The van der Waals surface area contributed by atoms with E-state index in [0.717, 1.165) is 10.6 Å². The normalized spacial score (nSPS) is 10.2. The van der Waals surface area contributed by atoms with Crippen LogP contribution in [0.25, 0.3) is 10.6 Å². The van der Waals surface area contributed by atoms with Crippen molar-refractivity contribution in [3.8, 4) is 16.6 Å². The molecule has 0 radical (unpaired) electrons. The summed E-state index contributed by atoms with van der Waals surface area (Å²) < 4.78 is 0. The van der Waals surface area contributed by atoms with Crippen LogP contribution in [0.15, 0.2) is 35.0 Å². The molecule has 0 bridgehead atoms. The zero-order valence-corrected chi connectivity index (χ0v) is 13.1. The van der Waals surface area contributed by atoms with Crippen molar-refractivity contribution < 1.29 is 4.79 Å². The summed E-state index contributed by atoms with van der Waals surface area (Å²) in [5, 5.41) is 17.0. The Balaban J connectivity index is 1.93. The van der Waals surface area contributed by atoms with Gasteiger partial charge in [-0.15, -0.1) is 22.7 Å². The number of nitrogens with zero attached hydrogens (tertiary/aromatic N) is 2. The minimum Gasteiger partial charge on any atom is -0.311 e. The monoisotopic (exact) mass is 331 g/mol. The lowest BCUT2D eigenvalue weighted by Crippen LogP contribution is -2.09. The largest absolute Gasteiger partial charge is 0.311 e. The van der Waals surface area contributed by atoms with Gasteiger partial charge in [-0.2, -0.15) is 5.26 Å². The minimum absolute atomic E-state index is 0.144. The van der Waals surface area contributed by atoms with Gasteiger partial charge in [0.2, 0.25) is 0 Å². The fraction of sp³-hybridized carbons (Fsp3) is 0.0714. The maximum atomic E-state index is 12.2. The number of carbonyl (C=O) groups excluding carboxylic acids is 1. The van der Waals surface area contributed by atoms with Crippen LogP contribution in [0.4, 0.5) is 5.00 Å². The third kappa shape index (κ3) is 3.03. The van der Waals surface area contributed by atoms with Gasteiger partial charge in [-0.3, -0.25) is 4.79 Å². The second-order valence-electron chi connectivity index (χ2n) is 4.03. The molecular weight excluding hydrogens is 322 g/mol. The Morgan fingerprint density at radius 2 is 2.10 bits per heavy atom. The highest BCUT2D eigenvalue weighted by atomic mass is 32.1. The van der Waals surface area contributed by atoms with Crippen molar-refractivity contribution in [2.45, 2.75) is 6.42 Å². The van der Waals surface area contributed by atoms with Crippen molar-refractivity contribution in [1.29, 1.82) is 5.26 Å². The topological polar surface area (TPSA) is 65.8 Å². The third-order valence-corrected chi connectivity index (χ3v) is 5.34. The first-order chi connectivity index (χ1) is 10.3. The molecule has 0 aromatic carbocycles. The number of carbonyl (C=O) groups is 1. The first-order valence-corrected chi connectivity index (χ1v) is 8.61. The van der Waals surface area contributed by atoms with E-state index < -0.39 is 0 Å². The van der Waals surface area contributed by atoms with E-state index >= 15 is 0 Å². The molecule has 3 rings (SSSR count). The summed E-state index contributed by atoms with van der Waals surface area (Å²) in [6.07, 6.45) is 0.248. The van der Waals surface area contributed by atoms with Crippen molar-refractivity contribution in [1.82, 2.24) is 4.98 Å².